The Morgan fingerprint density at radius 3 is 2.79 bits per heavy atom. The third kappa shape index (κ3) is 3.96. The summed E-state index contributed by atoms with van der Waals surface area (Å²) in [6.45, 7) is 0. The van der Waals surface area contributed by atoms with Crippen molar-refractivity contribution in [2.75, 3.05) is 12.8 Å². The summed E-state index contributed by atoms with van der Waals surface area (Å²) in [5.74, 6) is -0.209. The molecule has 1 aliphatic rings. The summed E-state index contributed by atoms with van der Waals surface area (Å²) in [6, 6.07) is 7.38. The molecule has 2 N–H and O–H groups in total. The second-order valence-electron chi connectivity index (χ2n) is 5.01. The molecule has 0 saturated heterocycles. The number of ether oxygens (including phenoxy) is 2. The van der Waals surface area contributed by atoms with E-state index in [1.807, 2.05) is 18.2 Å². The predicted octanol–water partition coefficient (Wildman–Crippen LogP) is 2.31. The van der Waals surface area contributed by atoms with Crippen LogP contribution in [0.4, 0.5) is 5.69 Å². The fourth-order valence-corrected chi connectivity index (χ4v) is 2.50. The minimum Gasteiger partial charge on any atom is -0.462 e. The number of hydrogen-bond donors (Lipinski definition) is 1. The predicted molar refractivity (Wildman–Crippen MR) is 73.7 cm³/mol. The van der Waals surface area contributed by atoms with E-state index in [2.05, 4.69) is 0 Å². The SMILES string of the molecule is COC1CCCC(OC(=O)Cc2ccccc2N)C1. The third-order valence-corrected chi connectivity index (χ3v) is 3.60. The molecule has 1 saturated carbocycles. The van der Waals surface area contributed by atoms with Gasteiger partial charge in [-0.3, -0.25) is 4.79 Å². The molecular weight excluding hydrogens is 242 g/mol. The minimum absolute atomic E-state index is 0.0175. The van der Waals surface area contributed by atoms with Gasteiger partial charge in [-0.1, -0.05) is 18.2 Å². The Morgan fingerprint density at radius 1 is 1.32 bits per heavy atom. The van der Waals surface area contributed by atoms with E-state index in [-0.39, 0.29) is 24.6 Å². The van der Waals surface area contributed by atoms with Gasteiger partial charge in [0.05, 0.1) is 12.5 Å². The van der Waals surface area contributed by atoms with Gasteiger partial charge in [0.15, 0.2) is 0 Å². The van der Waals surface area contributed by atoms with Crippen molar-refractivity contribution < 1.29 is 14.3 Å². The van der Waals surface area contributed by atoms with Crippen LogP contribution in [-0.4, -0.2) is 25.3 Å². The smallest absolute Gasteiger partial charge is 0.310 e. The number of esters is 1. The first-order valence-corrected chi connectivity index (χ1v) is 6.74. The lowest BCUT2D eigenvalue weighted by molar-refractivity contribution is -0.151. The van der Waals surface area contributed by atoms with Crippen molar-refractivity contribution in [3.05, 3.63) is 29.8 Å². The maximum Gasteiger partial charge on any atom is 0.310 e. The zero-order valence-corrected chi connectivity index (χ0v) is 11.3. The summed E-state index contributed by atoms with van der Waals surface area (Å²) in [7, 11) is 1.71. The van der Waals surface area contributed by atoms with Crippen LogP contribution in [0.15, 0.2) is 24.3 Å². The van der Waals surface area contributed by atoms with Crippen molar-refractivity contribution in [2.45, 2.75) is 44.3 Å². The summed E-state index contributed by atoms with van der Waals surface area (Å²) in [5, 5.41) is 0. The monoisotopic (exact) mass is 263 g/mol. The molecule has 0 amide bonds. The molecule has 0 bridgehead atoms. The van der Waals surface area contributed by atoms with E-state index < -0.39 is 0 Å². The molecule has 2 atom stereocenters. The van der Waals surface area contributed by atoms with Crippen molar-refractivity contribution in [3.63, 3.8) is 0 Å². The van der Waals surface area contributed by atoms with Gasteiger partial charge in [0, 0.05) is 19.2 Å². The summed E-state index contributed by atoms with van der Waals surface area (Å²) < 4.78 is 10.8. The van der Waals surface area contributed by atoms with E-state index in [1.165, 1.54) is 0 Å². The average molecular weight is 263 g/mol. The quantitative estimate of drug-likeness (QED) is 0.669. The standard InChI is InChI=1S/C15H21NO3/c1-18-12-6-4-7-13(10-12)19-15(17)9-11-5-2-3-8-14(11)16/h2-3,5,8,12-13H,4,6-7,9-10,16H2,1H3. The highest BCUT2D eigenvalue weighted by Crippen LogP contribution is 2.23. The van der Waals surface area contributed by atoms with Gasteiger partial charge in [-0.25, -0.2) is 0 Å². The molecule has 104 valence electrons. The van der Waals surface area contributed by atoms with Gasteiger partial charge in [-0.15, -0.1) is 0 Å². The van der Waals surface area contributed by atoms with E-state index in [0.717, 1.165) is 31.2 Å². The number of nitrogens with two attached hydrogens (primary N) is 1. The van der Waals surface area contributed by atoms with Crippen LogP contribution in [0.3, 0.4) is 0 Å². The molecule has 1 aromatic carbocycles. The Bertz CT molecular complexity index is 433. The van der Waals surface area contributed by atoms with Crippen molar-refractivity contribution in [1.29, 1.82) is 0 Å². The highest BCUT2D eigenvalue weighted by molar-refractivity contribution is 5.75. The largest absolute Gasteiger partial charge is 0.462 e. The Hall–Kier alpha value is -1.55. The van der Waals surface area contributed by atoms with Crippen LogP contribution in [0, 0.1) is 0 Å². The van der Waals surface area contributed by atoms with Crippen LogP contribution in [0.25, 0.3) is 0 Å². The van der Waals surface area contributed by atoms with Gasteiger partial charge < -0.3 is 15.2 Å². The fourth-order valence-electron chi connectivity index (χ4n) is 2.50. The fraction of sp³-hybridized carbons (Fsp3) is 0.533. The lowest BCUT2D eigenvalue weighted by atomic mass is 9.95. The van der Waals surface area contributed by atoms with Gasteiger partial charge in [-0.2, -0.15) is 0 Å². The van der Waals surface area contributed by atoms with Crippen LogP contribution < -0.4 is 5.73 Å². The molecule has 19 heavy (non-hydrogen) atoms. The van der Waals surface area contributed by atoms with Gasteiger partial charge in [-0.05, 0) is 30.9 Å². The maximum absolute atomic E-state index is 11.9. The first kappa shape index (κ1) is 13.9. The highest BCUT2D eigenvalue weighted by atomic mass is 16.5. The Labute approximate surface area is 113 Å². The Kier molecular flexibility index (Phi) is 4.80. The van der Waals surface area contributed by atoms with Crippen molar-refractivity contribution in [2.24, 2.45) is 0 Å². The van der Waals surface area contributed by atoms with Crippen molar-refractivity contribution >= 4 is 11.7 Å². The molecule has 1 fully saturated rings. The number of rotatable bonds is 4. The average Bonchev–Trinajstić information content (AvgIpc) is 2.41. The second kappa shape index (κ2) is 6.57. The number of anilines is 1. The van der Waals surface area contributed by atoms with Crippen molar-refractivity contribution in [3.8, 4) is 0 Å². The van der Waals surface area contributed by atoms with E-state index in [0.29, 0.717) is 5.69 Å². The van der Waals surface area contributed by atoms with Crippen LogP contribution >= 0.6 is 0 Å². The normalized spacial score (nSPS) is 23.0. The molecule has 4 nitrogen and oxygen atoms in total. The maximum atomic E-state index is 11.9. The summed E-state index contributed by atoms with van der Waals surface area (Å²) in [5.41, 5.74) is 7.28. The number of methoxy groups -OCH3 is 1. The molecule has 2 unspecified atom stereocenters. The highest BCUT2D eigenvalue weighted by Gasteiger charge is 2.24. The van der Waals surface area contributed by atoms with Crippen LogP contribution in [0.5, 0.6) is 0 Å². The molecule has 0 spiro atoms. The van der Waals surface area contributed by atoms with Crippen LogP contribution in [0.1, 0.15) is 31.2 Å². The van der Waals surface area contributed by atoms with Crippen molar-refractivity contribution in [1.82, 2.24) is 0 Å². The van der Waals surface area contributed by atoms with Crippen LogP contribution in [0.2, 0.25) is 0 Å². The van der Waals surface area contributed by atoms with Gasteiger partial charge in [0.2, 0.25) is 0 Å². The molecule has 0 radical (unpaired) electrons. The molecule has 0 aromatic heterocycles. The van der Waals surface area contributed by atoms with Gasteiger partial charge >= 0.3 is 5.97 Å². The number of nitrogen functional groups attached to an aromatic ring is 1. The lowest BCUT2D eigenvalue weighted by Crippen LogP contribution is -2.29. The summed E-state index contributed by atoms with van der Waals surface area (Å²) in [4.78, 5) is 11.9. The van der Waals surface area contributed by atoms with E-state index in [1.54, 1.807) is 13.2 Å². The zero-order valence-electron chi connectivity index (χ0n) is 11.3. The number of benzene rings is 1. The van der Waals surface area contributed by atoms with Crippen LogP contribution in [-0.2, 0) is 20.7 Å². The second-order valence-corrected chi connectivity index (χ2v) is 5.01. The zero-order chi connectivity index (χ0) is 13.7. The number of carbonyl (C=O) groups is 1. The first-order valence-electron chi connectivity index (χ1n) is 6.74. The molecule has 2 rings (SSSR count). The lowest BCUT2D eigenvalue weighted by Gasteiger charge is -2.27. The van der Waals surface area contributed by atoms with E-state index in [4.69, 9.17) is 15.2 Å². The molecule has 1 aromatic rings. The summed E-state index contributed by atoms with van der Waals surface area (Å²) in [6.07, 6.45) is 4.26. The molecule has 0 aliphatic heterocycles. The van der Waals surface area contributed by atoms with E-state index in [9.17, 15) is 4.79 Å². The topological polar surface area (TPSA) is 61.5 Å². The molecular formula is C15H21NO3. The van der Waals surface area contributed by atoms with Gasteiger partial charge in [0.25, 0.3) is 0 Å². The molecule has 4 heteroatoms. The Balaban J connectivity index is 1.86. The molecule has 1 aliphatic carbocycles. The number of para-hydroxylation sites is 1. The van der Waals surface area contributed by atoms with E-state index >= 15 is 0 Å². The first-order chi connectivity index (χ1) is 9.19. The number of carbonyl (C=O) groups excluding carboxylic acids is 1. The minimum atomic E-state index is -0.209. The number of hydrogen-bond acceptors (Lipinski definition) is 4. The molecule has 0 heterocycles. The Morgan fingerprint density at radius 2 is 2.05 bits per heavy atom. The summed E-state index contributed by atoms with van der Waals surface area (Å²) >= 11 is 0. The van der Waals surface area contributed by atoms with Gasteiger partial charge in [0.1, 0.15) is 6.10 Å². The third-order valence-electron chi connectivity index (χ3n) is 3.60.